The molecule has 0 spiro atoms. The summed E-state index contributed by atoms with van der Waals surface area (Å²) >= 11 is 0. The fourth-order valence-corrected chi connectivity index (χ4v) is 1.28. The molecule has 2 nitrogen and oxygen atoms in total. The maximum absolute atomic E-state index is 9.09. The minimum Gasteiger partial charge on any atom is -0.508 e. The average Bonchev–Trinajstić information content (AvgIpc) is 2.17. The first-order valence-electron chi connectivity index (χ1n) is 4.69. The van der Waals surface area contributed by atoms with Gasteiger partial charge in [-0.15, -0.1) is 0 Å². The molecular weight excluding hydrogens is 162 g/mol. The van der Waals surface area contributed by atoms with Crippen molar-refractivity contribution >= 4 is 0 Å². The van der Waals surface area contributed by atoms with Gasteiger partial charge in [0.2, 0.25) is 0 Å². The van der Waals surface area contributed by atoms with Gasteiger partial charge >= 0.3 is 0 Å². The zero-order chi connectivity index (χ0) is 9.84. The molecule has 13 heavy (non-hydrogen) atoms. The quantitative estimate of drug-likeness (QED) is 0.748. The van der Waals surface area contributed by atoms with Crippen LogP contribution in [0.5, 0.6) is 5.75 Å². The summed E-state index contributed by atoms with van der Waals surface area (Å²) in [6.07, 6.45) is 1.07. The molecule has 0 radical (unpaired) electrons. The normalized spacial score (nSPS) is 15.3. The second kappa shape index (κ2) is 4.28. The van der Waals surface area contributed by atoms with Gasteiger partial charge in [-0.25, -0.2) is 0 Å². The predicted octanol–water partition coefficient (Wildman–Crippen LogP) is 2.44. The van der Waals surface area contributed by atoms with Crippen LogP contribution in [0.1, 0.15) is 31.9 Å². The number of hydrogen-bond acceptors (Lipinski definition) is 2. The van der Waals surface area contributed by atoms with Gasteiger partial charge in [0.15, 0.2) is 0 Å². The number of rotatable bonds is 3. The van der Waals surface area contributed by atoms with Crippen molar-refractivity contribution in [2.45, 2.75) is 26.3 Å². The molecule has 0 aliphatic carbocycles. The van der Waals surface area contributed by atoms with E-state index in [1.807, 2.05) is 12.1 Å². The SMILES string of the molecule is CCC(C)C(N)c1ccc(O)cc1. The van der Waals surface area contributed by atoms with Crippen LogP contribution < -0.4 is 5.73 Å². The fourth-order valence-electron chi connectivity index (χ4n) is 1.28. The highest BCUT2D eigenvalue weighted by Gasteiger charge is 2.12. The van der Waals surface area contributed by atoms with Gasteiger partial charge in [0, 0.05) is 6.04 Å². The smallest absolute Gasteiger partial charge is 0.115 e. The summed E-state index contributed by atoms with van der Waals surface area (Å²) in [5.74, 6) is 0.768. The summed E-state index contributed by atoms with van der Waals surface area (Å²) < 4.78 is 0. The molecule has 0 aliphatic rings. The van der Waals surface area contributed by atoms with Crippen LogP contribution in [0.2, 0.25) is 0 Å². The molecule has 2 heteroatoms. The molecule has 1 rings (SSSR count). The number of hydrogen-bond donors (Lipinski definition) is 2. The highest BCUT2D eigenvalue weighted by atomic mass is 16.3. The third-order valence-electron chi connectivity index (χ3n) is 2.53. The third kappa shape index (κ3) is 2.46. The zero-order valence-electron chi connectivity index (χ0n) is 8.20. The number of phenols is 1. The van der Waals surface area contributed by atoms with E-state index < -0.39 is 0 Å². The largest absolute Gasteiger partial charge is 0.508 e. The van der Waals surface area contributed by atoms with E-state index >= 15 is 0 Å². The maximum atomic E-state index is 9.09. The van der Waals surface area contributed by atoms with E-state index in [0.717, 1.165) is 12.0 Å². The average molecular weight is 179 g/mol. The summed E-state index contributed by atoms with van der Waals surface area (Å²) in [7, 11) is 0. The van der Waals surface area contributed by atoms with Crippen molar-refractivity contribution < 1.29 is 5.11 Å². The van der Waals surface area contributed by atoms with Crippen molar-refractivity contribution in [3.05, 3.63) is 29.8 Å². The highest BCUT2D eigenvalue weighted by molar-refractivity contribution is 5.28. The van der Waals surface area contributed by atoms with E-state index in [2.05, 4.69) is 13.8 Å². The number of nitrogens with two attached hydrogens (primary N) is 1. The minimum absolute atomic E-state index is 0.0746. The Labute approximate surface area is 79.4 Å². The van der Waals surface area contributed by atoms with E-state index in [-0.39, 0.29) is 6.04 Å². The van der Waals surface area contributed by atoms with Gasteiger partial charge in [-0.1, -0.05) is 32.4 Å². The number of aromatic hydroxyl groups is 1. The summed E-state index contributed by atoms with van der Waals surface area (Å²) in [5.41, 5.74) is 7.11. The van der Waals surface area contributed by atoms with E-state index in [9.17, 15) is 0 Å². The zero-order valence-corrected chi connectivity index (χ0v) is 8.20. The van der Waals surface area contributed by atoms with Crippen LogP contribution in [0.15, 0.2) is 24.3 Å². The van der Waals surface area contributed by atoms with Crippen LogP contribution in [0.3, 0.4) is 0 Å². The first-order chi connectivity index (χ1) is 6.15. The lowest BCUT2D eigenvalue weighted by molar-refractivity contribution is 0.453. The van der Waals surface area contributed by atoms with Gasteiger partial charge in [-0.05, 0) is 23.6 Å². The van der Waals surface area contributed by atoms with Crippen molar-refractivity contribution in [1.29, 1.82) is 0 Å². The molecule has 1 aromatic carbocycles. The summed E-state index contributed by atoms with van der Waals surface area (Å²) in [4.78, 5) is 0. The van der Waals surface area contributed by atoms with Gasteiger partial charge < -0.3 is 10.8 Å². The molecular formula is C11H17NO. The molecule has 3 N–H and O–H groups in total. The van der Waals surface area contributed by atoms with Gasteiger partial charge in [0.25, 0.3) is 0 Å². The molecule has 0 fully saturated rings. The van der Waals surface area contributed by atoms with Gasteiger partial charge in [0.05, 0.1) is 0 Å². The molecule has 1 aromatic rings. The van der Waals surface area contributed by atoms with Crippen LogP contribution in [-0.4, -0.2) is 5.11 Å². The van der Waals surface area contributed by atoms with Gasteiger partial charge in [0.1, 0.15) is 5.75 Å². The predicted molar refractivity (Wildman–Crippen MR) is 54.5 cm³/mol. The summed E-state index contributed by atoms with van der Waals surface area (Å²) in [6, 6.07) is 7.19. The molecule has 0 bridgehead atoms. The van der Waals surface area contributed by atoms with Crippen molar-refractivity contribution in [3.63, 3.8) is 0 Å². The van der Waals surface area contributed by atoms with Crippen LogP contribution in [0.4, 0.5) is 0 Å². The Morgan fingerprint density at radius 2 is 1.85 bits per heavy atom. The number of phenolic OH excluding ortho intramolecular Hbond substituents is 1. The van der Waals surface area contributed by atoms with Crippen LogP contribution >= 0.6 is 0 Å². The third-order valence-corrected chi connectivity index (χ3v) is 2.53. The van der Waals surface area contributed by atoms with E-state index in [1.165, 1.54) is 0 Å². The second-order valence-corrected chi connectivity index (χ2v) is 3.50. The Morgan fingerprint density at radius 1 is 1.31 bits per heavy atom. The lowest BCUT2D eigenvalue weighted by atomic mass is 9.93. The Morgan fingerprint density at radius 3 is 2.31 bits per heavy atom. The van der Waals surface area contributed by atoms with E-state index in [1.54, 1.807) is 12.1 Å². The van der Waals surface area contributed by atoms with Crippen molar-refractivity contribution in [1.82, 2.24) is 0 Å². The molecule has 2 unspecified atom stereocenters. The molecule has 0 saturated carbocycles. The lowest BCUT2D eigenvalue weighted by Gasteiger charge is -2.18. The molecule has 0 aromatic heterocycles. The number of benzene rings is 1. The topological polar surface area (TPSA) is 46.2 Å². The van der Waals surface area contributed by atoms with E-state index in [0.29, 0.717) is 11.7 Å². The van der Waals surface area contributed by atoms with Gasteiger partial charge in [-0.2, -0.15) is 0 Å². The monoisotopic (exact) mass is 179 g/mol. The van der Waals surface area contributed by atoms with Crippen LogP contribution in [-0.2, 0) is 0 Å². The molecule has 0 aliphatic heterocycles. The highest BCUT2D eigenvalue weighted by Crippen LogP contribution is 2.22. The summed E-state index contributed by atoms with van der Waals surface area (Å²) in [6.45, 7) is 4.27. The molecule has 0 heterocycles. The van der Waals surface area contributed by atoms with Crippen LogP contribution in [0.25, 0.3) is 0 Å². The molecule has 0 amide bonds. The second-order valence-electron chi connectivity index (χ2n) is 3.50. The fraction of sp³-hybridized carbons (Fsp3) is 0.455. The maximum Gasteiger partial charge on any atom is 0.115 e. The Bertz CT molecular complexity index is 255. The van der Waals surface area contributed by atoms with Crippen molar-refractivity contribution in [2.24, 2.45) is 11.7 Å². The van der Waals surface area contributed by atoms with Crippen molar-refractivity contribution in [2.75, 3.05) is 0 Å². The van der Waals surface area contributed by atoms with E-state index in [4.69, 9.17) is 10.8 Å². The molecule has 0 saturated heterocycles. The van der Waals surface area contributed by atoms with Gasteiger partial charge in [-0.3, -0.25) is 0 Å². The standard InChI is InChI=1S/C11H17NO/c1-3-8(2)11(12)9-4-6-10(13)7-5-9/h4-8,11,13H,3,12H2,1-2H3. The Kier molecular flexibility index (Phi) is 3.32. The first-order valence-corrected chi connectivity index (χ1v) is 4.69. The first kappa shape index (κ1) is 10.1. The Hall–Kier alpha value is -1.02. The Balaban J connectivity index is 2.77. The minimum atomic E-state index is 0.0746. The van der Waals surface area contributed by atoms with Crippen LogP contribution in [0, 0.1) is 5.92 Å². The summed E-state index contributed by atoms with van der Waals surface area (Å²) in [5, 5.41) is 9.09. The van der Waals surface area contributed by atoms with Crippen molar-refractivity contribution in [3.8, 4) is 5.75 Å². The lowest BCUT2D eigenvalue weighted by Crippen LogP contribution is -2.18. The molecule has 72 valence electrons. The molecule has 2 atom stereocenters.